The lowest BCUT2D eigenvalue weighted by molar-refractivity contribution is 0.0796. The molecular weight excluding hydrogens is 234 g/mol. The van der Waals surface area contributed by atoms with Gasteiger partial charge < -0.3 is 4.90 Å². The highest BCUT2D eigenvalue weighted by atomic mass is 15.3. The molecule has 114 valence electrons. The van der Waals surface area contributed by atoms with Gasteiger partial charge in [0.25, 0.3) is 0 Å². The minimum absolute atomic E-state index is 0.198. The normalized spacial score (nSPS) is 19.9. The predicted octanol–water partition coefficient (Wildman–Crippen LogP) is 3.30. The Morgan fingerprint density at radius 3 is 2.16 bits per heavy atom. The fourth-order valence-corrected chi connectivity index (χ4v) is 4.07. The van der Waals surface area contributed by atoms with E-state index in [4.69, 9.17) is 5.84 Å². The molecule has 1 rings (SSSR count). The Balaban J connectivity index is 2.58. The number of likely N-dealkylation sites (N-methyl/N-ethyl adjacent to an activating group) is 1. The summed E-state index contributed by atoms with van der Waals surface area (Å²) in [6.45, 7) is 4.57. The van der Waals surface area contributed by atoms with Crippen molar-refractivity contribution in [3.05, 3.63) is 0 Å². The first-order chi connectivity index (χ1) is 9.10. The SMILES string of the molecule is CCC(CC)(C(CCC1CCCCC1)NN)N(C)C. The quantitative estimate of drug-likeness (QED) is 0.525. The van der Waals surface area contributed by atoms with Crippen LogP contribution in [0.5, 0.6) is 0 Å². The van der Waals surface area contributed by atoms with Crippen LogP contribution in [0.25, 0.3) is 0 Å². The summed E-state index contributed by atoms with van der Waals surface area (Å²) in [5, 5.41) is 0. The lowest BCUT2D eigenvalue weighted by Crippen LogP contribution is -2.60. The van der Waals surface area contributed by atoms with E-state index in [1.807, 2.05) is 0 Å². The lowest BCUT2D eigenvalue weighted by atomic mass is 9.78. The van der Waals surface area contributed by atoms with E-state index in [-0.39, 0.29) is 5.54 Å². The van der Waals surface area contributed by atoms with Crippen LogP contribution in [0.4, 0.5) is 0 Å². The van der Waals surface area contributed by atoms with E-state index in [1.54, 1.807) is 0 Å². The van der Waals surface area contributed by atoms with Crippen LogP contribution in [0.2, 0.25) is 0 Å². The Bertz CT molecular complexity index is 230. The predicted molar refractivity (Wildman–Crippen MR) is 83.9 cm³/mol. The Kier molecular flexibility index (Phi) is 7.33. The van der Waals surface area contributed by atoms with Gasteiger partial charge >= 0.3 is 0 Å². The molecule has 1 aliphatic carbocycles. The van der Waals surface area contributed by atoms with Crippen molar-refractivity contribution in [2.24, 2.45) is 11.8 Å². The van der Waals surface area contributed by atoms with Crippen molar-refractivity contribution in [1.29, 1.82) is 0 Å². The summed E-state index contributed by atoms with van der Waals surface area (Å²) in [6.07, 6.45) is 12.0. The minimum atomic E-state index is 0.198. The molecular formula is C16H35N3. The first-order valence-corrected chi connectivity index (χ1v) is 8.24. The second kappa shape index (κ2) is 8.23. The molecule has 1 unspecified atom stereocenters. The highest BCUT2D eigenvalue weighted by molar-refractivity contribution is 4.96. The Labute approximate surface area is 120 Å². The van der Waals surface area contributed by atoms with Crippen LogP contribution in [0, 0.1) is 5.92 Å². The maximum atomic E-state index is 5.89. The summed E-state index contributed by atoms with van der Waals surface area (Å²) in [5.41, 5.74) is 3.32. The monoisotopic (exact) mass is 269 g/mol. The van der Waals surface area contributed by atoms with Crippen molar-refractivity contribution >= 4 is 0 Å². The topological polar surface area (TPSA) is 41.3 Å². The molecule has 3 nitrogen and oxygen atoms in total. The molecule has 0 bridgehead atoms. The van der Waals surface area contributed by atoms with Gasteiger partial charge in [0.2, 0.25) is 0 Å². The number of hydrogen-bond donors (Lipinski definition) is 2. The lowest BCUT2D eigenvalue weighted by Gasteiger charge is -2.45. The largest absolute Gasteiger partial charge is 0.302 e. The van der Waals surface area contributed by atoms with Crippen molar-refractivity contribution in [2.45, 2.75) is 83.2 Å². The van der Waals surface area contributed by atoms with Gasteiger partial charge in [0.1, 0.15) is 0 Å². The van der Waals surface area contributed by atoms with E-state index in [0.29, 0.717) is 6.04 Å². The van der Waals surface area contributed by atoms with Gasteiger partial charge in [-0.05, 0) is 45.7 Å². The fourth-order valence-electron chi connectivity index (χ4n) is 4.07. The van der Waals surface area contributed by atoms with E-state index < -0.39 is 0 Å². The van der Waals surface area contributed by atoms with E-state index in [1.165, 1.54) is 44.9 Å². The van der Waals surface area contributed by atoms with Crippen molar-refractivity contribution in [3.8, 4) is 0 Å². The molecule has 0 aliphatic heterocycles. The van der Waals surface area contributed by atoms with Gasteiger partial charge in [0, 0.05) is 11.6 Å². The van der Waals surface area contributed by atoms with E-state index in [9.17, 15) is 0 Å². The second-order valence-corrected chi connectivity index (χ2v) is 6.51. The van der Waals surface area contributed by atoms with Crippen LogP contribution in [-0.4, -0.2) is 30.6 Å². The van der Waals surface area contributed by atoms with Gasteiger partial charge in [-0.2, -0.15) is 0 Å². The molecule has 0 aromatic carbocycles. The maximum Gasteiger partial charge on any atom is 0.0394 e. The van der Waals surface area contributed by atoms with E-state index in [0.717, 1.165) is 18.8 Å². The number of nitrogens with one attached hydrogen (secondary N) is 1. The number of rotatable bonds is 8. The summed E-state index contributed by atoms with van der Waals surface area (Å²) < 4.78 is 0. The molecule has 1 fully saturated rings. The number of nitrogens with two attached hydrogens (primary N) is 1. The number of nitrogens with zero attached hydrogens (tertiary/aromatic N) is 1. The van der Waals surface area contributed by atoms with Crippen LogP contribution in [0.15, 0.2) is 0 Å². The average Bonchev–Trinajstić information content (AvgIpc) is 2.44. The third kappa shape index (κ3) is 4.17. The van der Waals surface area contributed by atoms with Gasteiger partial charge in [0.15, 0.2) is 0 Å². The first kappa shape index (κ1) is 16.9. The fraction of sp³-hybridized carbons (Fsp3) is 1.00. The highest BCUT2D eigenvalue weighted by Gasteiger charge is 2.37. The number of hydrogen-bond acceptors (Lipinski definition) is 3. The van der Waals surface area contributed by atoms with Gasteiger partial charge in [-0.15, -0.1) is 0 Å². The Morgan fingerprint density at radius 2 is 1.74 bits per heavy atom. The van der Waals surface area contributed by atoms with Gasteiger partial charge in [0.05, 0.1) is 0 Å². The third-order valence-electron chi connectivity index (χ3n) is 5.55. The van der Waals surface area contributed by atoms with Crippen LogP contribution < -0.4 is 11.3 Å². The highest BCUT2D eigenvalue weighted by Crippen LogP contribution is 2.32. The van der Waals surface area contributed by atoms with Crippen LogP contribution in [-0.2, 0) is 0 Å². The molecule has 1 saturated carbocycles. The molecule has 0 aromatic rings. The Morgan fingerprint density at radius 1 is 1.16 bits per heavy atom. The molecule has 0 radical (unpaired) electrons. The zero-order valence-electron chi connectivity index (χ0n) is 13.5. The third-order valence-corrected chi connectivity index (χ3v) is 5.55. The Hall–Kier alpha value is -0.120. The molecule has 3 heteroatoms. The molecule has 0 spiro atoms. The second-order valence-electron chi connectivity index (χ2n) is 6.51. The molecule has 0 amide bonds. The summed E-state index contributed by atoms with van der Waals surface area (Å²) in [6, 6.07) is 0.402. The minimum Gasteiger partial charge on any atom is -0.302 e. The molecule has 0 aromatic heterocycles. The zero-order valence-corrected chi connectivity index (χ0v) is 13.5. The van der Waals surface area contributed by atoms with E-state index in [2.05, 4.69) is 38.3 Å². The van der Waals surface area contributed by atoms with Crippen molar-refractivity contribution in [1.82, 2.24) is 10.3 Å². The van der Waals surface area contributed by atoms with Crippen LogP contribution in [0.3, 0.4) is 0 Å². The van der Waals surface area contributed by atoms with Gasteiger partial charge in [-0.25, -0.2) is 0 Å². The maximum absolute atomic E-state index is 5.89. The molecule has 19 heavy (non-hydrogen) atoms. The summed E-state index contributed by atoms with van der Waals surface area (Å²) in [5.74, 6) is 6.83. The zero-order chi connectivity index (χ0) is 14.3. The standard InChI is InChI=1S/C16H35N3/c1-5-16(6-2,19(3)4)15(18-17)13-12-14-10-8-7-9-11-14/h14-15,18H,5-13,17H2,1-4H3. The summed E-state index contributed by atoms with van der Waals surface area (Å²) >= 11 is 0. The average molecular weight is 269 g/mol. The van der Waals surface area contributed by atoms with Crippen molar-refractivity contribution in [2.75, 3.05) is 14.1 Å². The van der Waals surface area contributed by atoms with Crippen molar-refractivity contribution < 1.29 is 0 Å². The van der Waals surface area contributed by atoms with Crippen LogP contribution >= 0.6 is 0 Å². The molecule has 1 aliphatic rings. The van der Waals surface area contributed by atoms with E-state index >= 15 is 0 Å². The summed E-state index contributed by atoms with van der Waals surface area (Å²) in [4.78, 5) is 2.37. The molecule has 0 saturated heterocycles. The molecule has 1 atom stereocenters. The van der Waals surface area contributed by atoms with Gasteiger partial charge in [-0.1, -0.05) is 46.0 Å². The van der Waals surface area contributed by atoms with Crippen molar-refractivity contribution in [3.63, 3.8) is 0 Å². The number of hydrazine groups is 1. The van der Waals surface area contributed by atoms with Gasteiger partial charge in [-0.3, -0.25) is 11.3 Å². The molecule has 3 N–H and O–H groups in total. The smallest absolute Gasteiger partial charge is 0.0394 e. The summed E-state index contributed by atoms with van der Waals surface area (Å²) in [7, 11) is 4.38. The van der Waals surface area contributed by atoms with Crippen LogP contribution in [0.1, 0.15) is 71.6 Å². The first-order valence-electron chi connectivity index (χ1n) is 8.24. The molecule has 0 heterocycles.